The van der Waals surface area contributed by atoms with Crippen LogP contribution in [0.3, 0.4) is 0 Å². The summed E-state index contributed by atoms with van der Waals surface area (Å²) in [5, 5.41) is 10.6. The first-order chi connectivity index (χ1) is 44.7. The highest BCUT2D eigenvalue weighted by Gasteiger charge is 2.30. The second kappa shape index (κ2) is 67.6. The van der Waals surface area contributed by atoms with Gasteiger partial charge in [-0.2, -0.15) is 0 Å². The molecule has 3 N–H and O–H groups in total. The average molecular weight is 1350 g/mol. The van der Waals surface area contributed by atoms with E-state index in [4.69, 9.17) is 37.0 Å². The Bertz CT molecular complexity index is 1760. The van der Waals surface area contributed by atoms with E-state index in [0.29, 0.717) is 25.7 Å². The normalized spacial score (nSPS) is 13.9. The van der Waals surface area contributed by atoms with Crippen LogP contribution in [0.4, 0.5) is 0 Å². The van der Waals surface area contributed by atoms with Gasteiger partial charge in [-0.25, -0.2) is 9.13 Å². The SMILES string of the molecule is CCCCCCCCCCCCCCCCCCCCCC(=O)O[C@H](COC(=O)CCCCCCCCCCCCCCCCCC)COP(=O)(O)OC[C@@H](O)COP(=O)(O)OC[C@@H](COC(=O)CCCCCCC)OC(=O)CCCCCCCCCCCCCC. The number of ether oxygens (including phenoxy) is 4. The second-order valence-electron chi connectivity index (χ2n) is 26.3. The molecular weight excluding hydrogens is 1210 g/mol. The van der Waals surface area contributed by atoms with E-state index in [9.17, 15) is 43.2 Å². The lowest BCUT2D eigenvalue weighted by Gasteiger charge is -2.21. The van der Waals surface area contributed by atoms with Crippen LogP contribution < -0.4 is 0 Å². The number of rotatable bonds is 74. The van der Waals surface area contributed by atoms with Crippen molar-refractivity contribution < 1.29 is 80.2 Å². The number of unbranched alkanes of at least 4 members (excludes halogenated alkanes) is 48. The molecule has 2 unspecified atom stereocenters. The van der Waals surface area contributed by atoms with Crippen LogP contribution >= 0.6 is 15.6 Å². The Kier molecular flexibility index (Phi) is 66.2. The molecule has 0 fully saturated rings. The number of carbonyl (C=O) groups is 4. The molecule has 5 atom stereocenters. The Hall–Kier alpha value is -1.94. The van der Waals surface area contributed by atoms with E-state index in [1.807, 2.05) is 0 Å². The predicted molar refractivity (Wildman–Crippen MR) is 372 cm³/mol. The van der Waals surface area contributed by atoms with Gasteiger partial charge in [-0.1, -0.05) is 336 Å². The summed E-state index contributed by atoms with van der Waals surface area (Å²) in [7, 11) is -9.89. The zero-order chi connectivity index (χ0) is 67.5. The monoisotopic (exact) mass is 1350 g/mol. The highest BCUT2D eigenvalue weighted by molar-refractivity contribution is 7.47. The van der Waals surface area contributed by atoms with Gasteiger partial charge in [-0.3, -0.25) is 37.3 Å². The molecular formula is C73H142O17P2. The molecule has 0 aromatic carbocycles. The highest BCUT2D eigenvalue weighted by atomic mass is 31.2. The largest absolute Gasteiger partial charge is 0.472 e. The maximum absolute atomic E-state index is 13.1. The van der Waals surface area contributed by atoms with Crippen molar-refractivity contribution in [3.05, 3.63) is 0 Å². The minimum Gasteiger partial charge on any atom is -0.462 e. The van der Waals surface area contributed by atoms with E-state index >= 15 is 0 Å². The molecule has 0 saturated heterocycles. The number of phosphoric acid groups is 2. The Labute approximate surface area is 562 Å². The standard InChI is InChI=1S/C73H142O17P2/c1-5-9-13-17-20-23-26-29-31-33-34-35-37-39-42-45-48-52-56-60-73(78)90-69(64-84-71(76)58-54-50-46-43-41-38-36-32-30-27-24-21-18-14-10-6-2)66-88-92(81,82)86-62-67(74)61-85-91(79,80)87-65-68(63-83-70(75)57-53-49-16-12-8-4)89-72(77)59-55-51-47-44-40-28-25-22-19-15-11-7-3/h67-69,74H,5-66H2,1-4H3,(H,79,80)(H,81,82)/t67-,68+,69+/m0/s1. The van der Waals surface area contributed by atoms with Crippen LogP contribution in [0, 0.1) is 0 Å². The molecule has 0 amide bonds. The Morgan fingerprint density at radius 2 is 0.435 bits per heavy atom. The quantitative estimate of drug-likeness (QED) is 0.0222. The van der Waals surface area contributed by atoms with Crippen molar-refractivity contribution in [3.8, 4) is 0 Å². The second-order valence-corrected chi connectivity index (χ2v) is 29.2. The van der Waals surface area contributed by atoms with Crippen molar-refractivity contribution in [2.45, 2.75) is 406 Å². The first-order valence-corrected chi connectivity index (χ1v) is 41.3. The molecule has 546 valence electrons. The topological polar surface area (TPSA) is 237 Å². The fourth-order valence-corrected chi connectivity index (χ4v) is 12.8. The summed E-state index contributed by atoms with van der Waals surface area (Å²) >= 11 is 0. The van der Waals surface area contributed by atoms with Crippen LogP contribution in [0.25, 0.3) is 0 Å². The van der Waals surface area contributed by atoms with E-state index in [-0.39, 0.29) is 25.7 Å². The molecule has 0 aromatic rings. The molecule has 0 rings (SSSR count). The molecule has 0 bridgehead atoms. The Morgan fingerprint density at radius 1 is 0.261 bits per heavy atom. The Balaban J connectivity index is 5.14. The lowest BCUT2D eigenvalue weighted by molar-refractivity contribution is -0.161. The van der Waals surface area contributed by atoms with Gasteiger partial charge in [0.25, 0.3) is 0 Å². The third-order valence-corrected chi connectivity index (χ3v) is 19.0. The molecule has 0 aliphatic heterocycles. The van der Waals surface area contributed by atoms with E-state index in [0.717, 1.165) is 96.3 Å². The van der Waals surface area contributed by atoms with Crippen molar-refractivity contribution in [2.24, 2.45) is 0 Å². The molecule has 17 nitrogen and oxygen atoms in total. The minimum absolute atomic E-state index is 0.107. The molecule has 0 aliphatic carbocycles. The third-order valence-electron chi connectivity index (χ3n) is 17.1. The smallest absolute Gasteiger partial charge is 0.462 e. The molecule has 0 saturated carbocycles. The number of hydrogen-bond donors (Lipinski definition) is 3. The van der Waals surface area contributed by atoms with E-state index in [2.05, 4.69) is 27.7 Å². The van der Waals surface area contributed by atoms with E-state index < -0.39 is 97.5 Å². The molecule has 0 aromatic heterocycles. The number of aliphatic hydroxyl groups excluding tert-OH is 1. The Morgan fingerprint density at radius 3 is 0.641 bits per heavy atom. The molecule has 92 heavy (non-hydrogen) atoms. The highest BCUT2D eigenvalue weighted by Crippen LogP contribution is 2.45. The maximum atomic E-state index is 13.1. The van der Waals surface area contributed by atoms with Gasteiger partial charge in [0.15, 0.2) is 12.2 Å². The van der Waals surface area contributed by atoms with Gasteiger partial charge in [0, 0.05) is 25.7 Å². The van der Waals surface area contributed by atoms with Crippen LogP contribution in [0.2, 0.25) is 0 Å². The number of aliphatic hydroxyl groups is 1. The lowest BCUT2D eigenvalue weighted by Crippen LogP contribution is -2.30. The van der Waals surface area contributed by atoms with Crippen molar-refractivity contribution in [2.75, 3.05) is 39.6 Å². The van der Waals surface area contributed by atoms with Crippen LogP contribution in [0.5, 0.6) is 0 Å². The zero-order valence-corrected chi connectivity index (χ0v) is 61.3. The molecule has 0 spiro atoms. The number of hydrogen-bond acceptors (Lipinski definition) is 15. The van der Waals surface area contributed by atoms with Gasteiger partial charge in [0.1, 0.15) is 19.3 Å². The van der Waals surface area contributed by atoms with Gasteiger partial charge >= 0.3 is 39.5 Å². The van der Waals surface area contributed by atoms with Crippen molar-refractivity contribution in [1.29, 1.82) is 0 Å². The van der Waals surface area contributed by atoms with Crippen LogP contribution in [-0.4, -0.2) is 96.7 Å². The molecule has 0 aliphatic rings. The van der Waals surface area contributed by atoms with Gasteiger partial charge in [-0.15, -0.1) is 0 Å². The summed E-state index contributed by atoms with van der Waals surface area (Å²) in [6, 6.07) is 0. The summed E-state index contributed by atoms with van der Waals surface area (Å²) in [6.45, 7) is 4.88. The van der Waals surface area contributed by atoms with Gasteiger partial charge in [0.05, 0.1) is 26.4 Å². The van der Waals surface area contributed by atoms with Crippen LogP contribution in [0.1, 0.15) is 387 Å². The summed E-state index contributed by atoms with van der Waals surface area (Å²) in [5.41, 5.74) is 0. The van der Waals surface area contributed by atoms with E-state index in [1.165, 1.54) is 212 Å². The fourth-order valence-electron chi connectivity index (χ4n) is 11.2. The third kappa shape index (κ3) is 66.7. The number of esters is 4. The van der Waals surface area contributed by atoms with E-state index in [1.54, 1.807) is 0 Å². The van der Waals surface area contributed by atoms with Crippen molar-refractivity contribution in [1.82, 2.24) is 0 Å². The van der Waals surface area contributed by atoms with Crippen LogP contribution in [0.15, 0.2) is 0 Å². The van der Waals surface area contributed by atoms with Crippen LogP contribution in [-0.2, 0) is 65.4 Å². The summed E-state index contributed by atoms with van der Waals surface area (Å²) in [6.07, 6.45) is 57.3. The van der Waals surface area contributed by atoms with Gasteiger partial charge < -0.3 is 33.8 Å². The number of phosphoric ester groups is 2. The summed E-state index contributed by atoms with van der Waals surface area (Å²) < 4.78 is 68.2. The number of carbonyl (C=O) groups excluding carboxylic acids is 4. The lowest BCUT2D eigenvalue weighted by atomic mass is 10.0. The fraction of sp³-hybridized carbons (Fsp3) is 0.945. The predicted octanol–water partition coefficient (Wildman–Crippen LogP) is 21.4. The maximum Gasteiger partial charge on any atom is 0.472 e. The minimum atomic E-state index is -4.95. The van der Waals surface area contributed by atoms with Gasteiger partial charge in [-0.05, 0) is 25.7 Å². The van der Waals surface area contributed by atoms with Gasteiger partial charge in [0.2, 0.25) is 0 Å². The zero-order valence-electron chi connectivity index (χ0n) is 59.5. The summed E-state index contributed by atoms with van der Waals surface area (Å²) in [5.74, 6) is -2.13. The summed E-state index contributed by atoms with van der Waals surface area (Å²) in [4.78, 5) is 72.4. The molecule has 19 heteroatoms. The first kappa shape index (κ1) is 90.1. The van der Waals surface area contributed by atoms with Crippen molar-refractivity contribution in [3.63, 3.8) is 0 Å². The first-order valence-electron chi connectivity index (χ1n) is 38.3. The van der Waals surface area contributed by atoms with Crippen molar-refractivity contribution >= 4 is 39.5 Å². The molecule has 0 heterocycles. The average Bonchev–Trinajstić information content (AvgIpc) is 2.25. The molecule has 0 radical (unpaired) electrons.